The monoisotopic (exact) mass is 456 g/mol. The van der Waals surface area contributed by atoms with E-state index in [-0.39, 0.29) is 53.5 Å². The van der Waals surface area contributed by atoms with Gasteiger partial charge in [-0.25, -0.2) is 4.98 Å². The molecule has 0 fully saturated rings. The standard InChI is InChI=1S/C18H24N12O3/c1-28-8-12(21)23-15(28)18(33)25-14-7-10(30(3)27-14)17(32)24-13-6-9(29(2)26-13)16(31)22-5-4-11(19)20/h6-8H,4-5,21H2,1-3H3,(H3,19,20)(H,22,31)(H,24,26,32)(H,25,27,33). The molecule has 0 aliphatic heterocycles. The van der Waals surface area contributed by atoms with Gasteiger partial charge in [-0.1, -0.05) is 0 Å². The van der Waals surface area contributed by atoms with E-state index in [1.807, 2.05) is 0 Å². The predicted octanol–water partition coefficient (Wildman–Crippen LogP) is -0.970. The Kier molecular flexibility index (Phi) is 6.41. The van der Waals surface area contributed by atoms with Crippen LogP contribution < -0.4 is 27.4 Å². The molecule has 8 N–H and O–H groups in total. The molecule has 0 unspecified atom stereocenters. The van der Waals surface area contributed by atoms with Crippen molar-refractivity contribution in [1.29, 1.82) is 5.41 Å². The number of imidazole rings is 1. The Morgan fingerprint density at radius 3 is 2.03 bits per heavy atom. The number of amidine groups is 1. The number of aryl methyl sites for hydroxylation is 3. The van der Waals surface area contributed by atoms with Gasteiger partial charge in [0.25, 0.3) is 17.7 Å². The highest BCUT2D eigenvalue weighted by Crippen LogP contribution is 2.14. The number of carbonyl (C=O) groups excluding carboxylic acids is 3. The number of amides is 3. The molecule has 0 spiro atoms. The second kappa shape index (κ2) is 9.21. The van der Waals surface area contributed by atoms with Gasteiger partial charge in [0.05, 0.1) is 5.84 Å². The molecule has 0 bridgehead atoms. The van der Waals surface area contributed by atoms with Crippen molar-refractivity contribution in [3.63, 3.8) is 0 Å². The maximum absolute atomic E-state index is 12.7. The van der Waals surface area contributed by atoms with Gasteiger partial charge in [0.1, 0.15) is 17.2 Å². The van der Waals surface area contributed by atoms with Crippen molar-refractivity contribution in [3.8, 4) is 0 Å². The summed E-state index contributed by atoms with van der Waals surface area (Å²) in [7, 11) is 4.72. The molecular weight excluding hydrogens is 432 g/mol. The smallest absolute Gasteiger partial charge is 0.292 e. The summed E-state index contributed by atoms with van der Waals surface area (Å²) in [5.41, 5.74) is 11.2. The molecule has 0 atom stereocenters. The number of anilines is 3. The summed E-state index contributed by atoms with van der Waals surface area (Å²) >= 11 is 0. The zero-order chi connectivity index (χ0) is 24.3. The van der Waals surface area contributed by atoms with Crippen LogP contribution in [0.4, 0.5) is 17.5 Å². The summed E-state index contributed by atoms with van der Waals surface area (Å²) in [5.74, 6) is -0.970. The second-order valence-corrected chi connectivity index (χ2v) is 7.12. The first-order chi connectivity index (χ1) is 15.5. The van der Waals surface area contributed by atoms with Crippen molar-refractivity contribution in [2.45, 2.75) is 6.42 Å². The first kappa shape index (κ1) is 23.0. The van der Waals surface area contributed by atoms with Gasteiger partial charge >= 0.3 is 0 Å². The van der Waals surface area contributed by atoms with Crippen LogP contribution in [0.3, 0.4) is 0 Å². The van der Waals surface area contributed by atoms with Crippen molar-refractivity contribution in [1.82, 2.24) is 34.4 Å². The first-order valence-corrected chi connectivity index (χ1v) is 9.66. The lowest BCUT2D eigenvalue weighted by Crippen LogP contribution is -2.29. The van der Waals surface area contributed by atoms with Gasteiger partial charge in [-0.15, -0.1) is 0 Å². The Hall–Kier alpha value is -4.69. The Morgan fingerprint density at radius 1 is 0.970 bits per heavy atom. The van der Waals surface area contributed by atoms with Gasteiger partial charge in [0.2, 0.25) is 5.82 Å². The molecule has 15 heteroatoms. The van der Waals surface area contributed by atoms with Crippen LogP contribution >= 0.6 is 0 Å². The van der Waals surface area contributed by atoms with Gasteiger partial charge in [-0.05, 0) is 0 Å². The van der Waals surface area contributed by atoms with Crippen LogP contribution in [0.25, 0.3) is 0 Å². The molecule has 0 aliphatic rings. The van der Waals surface area contributed by atoms with Crippen molar-refractivity contribution < 1.29 is 14.4 Å². The van der Waals surface area contributed by atoms with E-state index in [0.717, 1.165) is 0 Å². The zero-order valence-electron chi connectivity index (χ0n) is 18.2. The van der Waals surface area contributed by atoms with Gasteiger partial charge in [0, 0.05) is 52.4 Å². The lowest BCUT2D eigenvalue weighted by Gasteiger charge is -2.03. The molecular formula is C18H24N12O3. The topological polar surface area (TPSA) is 217 Å². The summed E-state index contributed by atoms with van der Waals surface area (Å²) in [4.78, 5) is 41.3. The number of nitrogens with one attached hydrogen (secondary N) is 4. The van der Waals surface area contributed by atoms with E-state index in [4.69, 9.17) is 16.9 Å². The fraction of sp³-hybridized carbons (Fsp3) is 0.278. The minimum absolute atomic E-state index is 0.0379. The highest BCUT2D eigenvalue weighted by atomic mass is 16.2. The van der Waals surface area contributed by atoms with Crippen LogP contribution in [0.15, 0.2) is 18.3 Å². The number of nitrogens with two attached hydrogens (primary N) is 2. The summed E-state index contributed by atoms with van der Waals surface area (Å²) in [6.45, 7) is 0.204. The molecule has 0 saturated carbocycles. The third-order valence-corrected chi connectivity index (χ3v) is 4.49. The molecule has 3 heterocycles. The van der Waals surface area contributed by atoms with Crippen LogP contribution in [0, 0.1) is 5.41 Å². The second-order valence-electron chi connectivity index (χ2n) is 7.12. The van der Waals surface area contributed by atoms with Crippen molar-refractivity contribution in [2.75, 3.05) is 22.9 Å². The Labute approximate surface area is 187 Å². The van der Waals surface area contributed by atoms with Crippen LogP contribution in [0.5, 0.6) is 0 Å². The first-order valence-electron chi connectivity index (χ1n) is 9.66. The van der Waals surface area contributed by atoms with E-state index < -0.39 is 17.7 Å². The van der Waals surface area contributed by atoms with Gasteiger partial charge in [-0.3, -0.25) is 29.2 Å². The minimum Gasteiger partial charge on any atom is -0.388 e. The molecule has 0 aliphatic carbocycles. The Bertz CT molecular complexity index is 1230. The largest absolute Gasteiger partial charge is 0.388 e. The van der Waals surface area contributed by atoms with E-state index in [0.29, 0.717) is 0 Å². The number of nitrogen functional groups attached to an aromatic ring is 1. The molecule has 15 nitrogen and oxygen atoms in total. The van der Waals surface area contributed by atoms with Gasteiger partial charge in [0.15, 0.2) is 11.6 Å². The van der Waals surface area contributed by atoms with E-state index >= 15 is 0 Å². The summed E-state index contributed by atoms with van der Waals surface area (Å²) in [5, 5.41) is 23.2. The SMILES string of the molecule is Cn1cc(N)nc1C(=O)Nc1cc(C(=O)Nc2cc(C(=O)NCCC(=N)N)n(C)n2)n(C)n1. The van der Waals surface area contributed by atoms with Crippen LogP contribution in [0.2, 0.25) is 0 Å². The van der Waals surface area contributed by atoms with Crippen molar-refractivity contribution in [3.05, 3.63) is 35.5 Å². The molecule has 33 heavy (non-hydrogen) atoms. The van der Waals surface area contributed by atoms with Crippen molar-refractivity contribution >= 4 is 41.0 Å². The fourth-order valence-electron chi connectivity index (χ4n) is 2.94. The Morgan fingerprint density at radius 2 is 1.52 bits per heavy atom. The lowest BCUT2D eigenvalue weighted by atomic mass is 10.3. The normalized spacial score (nSPS) is 10.6. The molecule has 0 aromatic carbocycles. The summed E-state index contributed by atoms with van der Waals surface area (Å²) < 4.78 is 4.07. The molecule has 3 aromatic rings. The zero-order valence-corrected chi connectivity index (χ0v) is 18.2. The van der Waals surface area contributed by atoms with E-state index in [9.17, 15) is 14.4 Å². The number of hydrogen-bond donors (Lipinski definition) is 6. The maximum atomic E-state index is 12.7. The number of aromatic nitrogens is 6. The average molecular weight is 456 g/mol. The predicted molar refractivity (Wildman–Crippen MR) is 119 cm³/mol. The molecule has 0 radical (unpaired) electrons. The molecule has 0 saturated heterocycles. The highest BCUT2D eigenvalue weighted by molar-refractivity contribution is 6.05. The molecule has 3 rings (SSSR count). The van der Waals surface area contributed by atoms with E-state index in [1.165, 1.54) is 39.3 Å². The number of hydrogen-bond acceptors (Lipinski definition) is 8. The number of rotatable bonds is 8. The molecule has 174 valence electrons. The van der Waals surface area contributed by atoms with Crippen LogP contribution in [-0.4, -0.2) is 59.2 Å². The number of carbonyl (C=O) groups is 3. The molecule has 3 amide bonds. The third kappa shape index (κ3) is 5.33. The van der Waals surface area contributed by atoms with Crippen LogP contribution in [0.1, 0.15) is 38.0 Å². The quantitative estimate of drug-likeness (QED) is 0.182. The van der Waals surface area contributed by atoms with Crippen molar-refractivity contribution in [2.24, 2.45) is 26.9 Å². The van der Waals surface area contributed by atoms with E-state index in [2.05, 4.69) is 31.1 Å². The molecule has 3 aromatic heterocycles. The van der Waals surface area contributed by atoms with Gasteiger partial charge < -0.3 is 32.0 Å². The maximum Gasteiger partial charge on any atom is 0.292 e. The van der Waals surface area contributed by atoms with E-state index in [1.54, 1.807) is 14.1 Å². The number of nitrogens with zero attached hydrogens (tertiary/aromatic N) is 6. The average Bonchev–Trinajstić information content (AvgIpc) is 3.37. The minimum atomic E-state index is -0.548. The van der Waals surface area contributed by atoms with Crippen LogP contribution in [-0.2, 0) is 21.1 Å². The lowest BCUT2D eigenvalue weighted by molar-refractivity contribution is 0.0943. The third-order valence-electron chi connectivity index (χ3n) is 4.49. The highest BCUT2D eigenvalue weighted by Gasteiger charge is 2.20. The summed E-state index contributed by atoms with van der Waals surface area (Å²) in [6, 6.07) is 2.80. The fourth-order valence-corrected chi connectivity index (χ4v) is 2.94. The summed E-state index contributed by atoms with van der Waals surface area (Å²) in [6.07, 6.45) is 1.72. The van der Waals surface area contributed by atoms with Gasteiger partial charge in [-0.2, -0.15) is 10.2 Å². The Balaban J connectivity index is 1.67.